The van der Waals surface area contributed by atoms with Crippen LogP contribution in [0.1, 0.15) is 38.2 Å². The lowest BCUT2D eigenvalue weighted by Crippen LogP contribution is -2.42. The molecule has 0 radical (unpaired) electrons. The van der Waals surface area contributed by atoms with Crippen molar-refractivity contribution in [2.75, 3.05) is 39.8 Å². The smallest absolute Gasteiger partial charge is 0.193 e. The highest BCUT2D eigenvalue weighted by Crippen LogP contribution is 2.40. The van der Waals surface area contributed by atoms with Gasteiger partial charge in [-0.15, -0.1) is 24.0 Å². The third kappa shape index (κ3) is 5.33. The van der Waals surface area contributed by atoms with Crippen molar-refractivity contribution in [1.82, 2.24) is 15.1 Å². The number of hydrogen-bond acceptors (Lipinski definition) is 2. The lowest BCUT2D eigenvalue weighted by molar-refractivity contribution is 0.255. The molecule has 3 unspecified atom stereocenters. The summed E-state index contributed by atoms with van der Waals surface area (Å²) >= 11 is 0. The van der Waals surface area contributed by atoms with E-state index in [9.17, 15) is 0 Å². The van der Waals surface area contributed by atoms with Crippen LogP contribution < -0.4 is 5.32 Å². The second-order valence-corrected chi connectivity index (χ2v) is 7.14. The molecule has 0 bridgehead atoms. The van der Waals surface area contributed by atoms with Gasteiger partial charge >= 0.3 is 0 Å². The molecule has 1 aliphatic carbocycles. The molecule has 0 spiro atoms. The van der Waals surface area contributed by atoms with Crippen molar-refractivity contribution in [2.45, 2.75) is 38.6 Å². The van der Waals surface area contributed by atoms with Crippen LogP contribution >= 0.6 is 24.0 Å². The molecule has 140 valence electrons. The first kappa shape index (κ1) is 20.5. The number of hydrogen-bond donors (Lipinski definition) is 1. The molecular formula is C20H33IN4. The van der Waals surface area contributed by atoms with Gasteiger partial charge in [0.2, 0.25) is 0 Å². The molecule has 1 aromatic rings. The molecule has 3 atom stereocenters. The summed E-state index contributed by atoms with van der Waals surface area (Å²) in [7, 11) is 1.92. The van der Waals surface area contributed by atoms with Crippen LogP contribution in [0, 0.1) is 5.92 Å². The van der Waals surface area contributed by atoms with Gasteiger partial charge in [-0.3, -0.25) is 4.99 Å². The number of rotatable bonds is 6. The highest BCUT2D eigenvalue weighted by atomic mass is 127. The van der Waals surface area contributed by atoms with Crippen molar-refractivity contribution < 1.29 is 0 Å². The van der Waals surface area contributed by atoms with Gasteiger partial charge in [0.1, 0.15) is 0 Å². The average molecular weight is 456 g/mol. The van der Waals surface area contributed by atoms with Gasteiger partial charge in [-0.05, 0) is 37.4 Å². The molecule has 0 amide bonds. The molecule has 1 saturated carbocycles. The fourth-order valence-electron chi connectivity index (χ4n) is 3.91. The molecule has 2 fully saturated rings. The maximum Gasteiger partial charge on any atom is 0.193 e. The van der Waals surface area contributed by atoms with E-state index in [-0.39, 0.29) is 24.0 Å². The summed E-state index contributed by atoms with van der Waals surface area (Å²) in [5.41, 5.74) is 1.45. The summed E-state index contributed by atoms with van der Waals surface area (Å²) in [4.78, 5) is 9.54. The zero-order valence-corrected chi connectivity index (χ0v) is 18.1. The van der Waals surface area contributed by atoms with E-state index < -0.39 is 0 Å². The number of aliphatic imine (C=N–C) groups is 1. The van der Waals surface area contributed by atoms with E-state index in [2.05, 4.69) is 64.3 Å². The van der Waals surface area contributed by atoms with E-state index in [1.54, 1.807) is 0 Å². The van der Waals surface area contributed by atoms with Gasteiger partial charge in [-0.1, -0.05) is 44.2 Å². The largest absolute Gasteiger partial charge is 0.353 e. The molecule has 3 rings (SSSR count). The molecule has 2 aliphatic rings. The van der Waals surface area contributed by atoms with Crippen molar-refractivity contribution in [3.8, 4) is 0 Å². The first-order valence-electron chi connectivity index (χ1n) is 9.50. The molecule has 4 nitrogen and oxygen atoms in total. The molecule has 1 aromatic carbocycles. The lowest BCUT2D eigenvalue weighted by atomic mass is 10.1. The zero-order valence-electron chi connectivity index (χ0n) is 15.8. The Morgan fingerprint density at radius 1 is 1.24 bits per heavy atom. The summed E-state index contributed by atoms with van der Waals surface area (Å²) in [5, 5.41) is 3.70. The van der Waals surface area contributed by atoms with Crippen LogP contribution in [0.4, 0.5) is 0 Å². The molecule has 1 saturated heterocycles. The Morgan fingerprint density at radius 3 is 2.60 bits per heavy atom. The summed E-state index contributed by atoms with van der Waals surface area (Å²) in [6.07, 6.45) is 2.50. The van der Waals surface area contributed by atoms with Crippen LogP contribution in [-0.4, -0.2) is 61.6 Å². The minimum Gasteiger partial charge on any atom is -0.353 e. The summed E-state index contributed by atoms with van der Waals surface area (Å²) in [6, 6.07) is 11.4. The van der Waals surface area contributed by atoms with Crippen molar-refractivity contribution in [1.29, 1.82) is 0 Å². The van der Waals surface area contributed by atoms with E-state index >= 15 is 0 Å². The maximum atomic E-state index is 4.55. The van der Waals surface area contributed by atoms with Gasteiger partial charge < -0.3 is 15.1 Å². The number of benzene rings is 1. The Hall–Kier alpha value is -0.820. The van der Waals surface area contributed by atoms with Crippen LogP contribution in [0.25, 0.3) is 0 Å². The molecule has 25 heavy (non-hydrogen) atoms. The second kappa shape index (κ2) is 9.76. The van der Waals surface area contributed by atoms with Crippen LogP contribution in [0.5, 0.6) is 0 Å². The first-order valence-corrected chi connectivity index (χ1v) is 9.50. The van der Waals surface area contributed by atoms with E-state index in [4.69, 9.17) is 0 Å². The molecular weight excluding hydrogens is 423 g/mol. The van der Waals surface area contributed by atoms with Gasteiger partial charge in [-0.25, -0.2) is 0 Å². The predicted molar refractivity (Wildman–Crippen MR) is 117 cm³/mol. The monoisotopic (exact) mass is 456 g/mol. The van der Waals surface area contributed by atoms with Gasteiger partial charge in [0.15, 0.2) is 5.96 Å². The number of nitrogens with one attached hydrogen (secondary N) is 1. The third-order valence-electron chi connectivity index (χ3n) is 5.54. The van der Waals surface area contributed by atoms with E-state index in [1.165, 1.54) is 24.9 Å². The van der Waals surface area contributed by atoms with Gasteiger partial charge in [-0.2, -0.15) is 0 Å². The summed E-state index contributed by atoms with van der Waals surface area (Å²) < 4.78 is 0. The predicted octanol–water partition coefficient (Wildman–Crippen LogP) is 3.40. The Bertz CT molecular complexity index is 544. The Labute approximate surface area is 170 Å². The fraction of sp³-hybridized carbons (Fsp3) is 0.650. The summed E-state index contributed by atoms with van der Waals surface area (Å²) in [5.74, 6) is 2.52. The number of guanidine groups is 1. The Kier molecular flexibility index (Phi) is 8.00. The quantitative estimate of drug-likeness (QED) is 0.405. The SMILES string of the molecule is CCN(CC)CC1CCN(C(=NC)NC2CC2c2ccccc2)C1.I. The molecule has 5 heteroatoms. The topological polar surface area (TPSA) is 30.9 Å². The zero-order chi connectivity index (χ0) is 16.9. The van der Waals surface area contributed by atoms with Crippen LogP contribution in [0.3, 0.4) is 0 Å². The fourth-order valence-corrected chi connectivity index (χ4v) is 3.91. The van der Waals surface area contributed by atoms with E-state index in [0.717, 1.165) is 38.1 Å². The van der Waals surface area contributed by atoms with Gasteiger partial charge in [0, 0.05) is 38.6 Å². The van der Waals surface area contributed by atoms with E-state index in [0.29, 0.717) is 12.0 Å². The highest BCUT2D eigenvalue weighted by molar-refractivity contribution is 14.0. The van der Waals surface area contributed by atoms with E-state index in [1.807, 2.05) is 7.05 Å². The molecule has 1 aliphatic heterocycles. The van der Waals surface area contributed by atoms with Gasteiger partial charge in [0.05, 0.1) is 0 Å². The van der Waals surface area contributed by atoms with Crippen LogP contribution in [0.2, 0.25) is 0 Å². The second-order valence-electron chi connectivity index (χ2n) is 7.14. The maximum absolute atomic E-state index is 4.55. The van der Waals surface area contributed by atoms with Crippen molar-refractivity contribution >= 4 is 29.9 Å². The minimum absolute atomic E-state index is 0. The highest BCUT2D eigenvalue weighted by Gasteiger charge is 2.40. The number of nitrogens with zero attached hydrogens (tertiary/aromatic N) is 3. The number of likely N-dealkylation sites (tertiary alicyclic amines) is 1. The van der Waals surface area contributed by atoms with Crippen LogP contribution in [0.15, 0.2) is 35.3 Å². The van der Waals surface area contributed by atoms with Crippen molar-refractivity contribution in [3.63, 3.8) is 0 Å². The van der Waals surface area contributed by atoms with Crippen molar-refractivity contribution in [3.05, 3.63) is 35.9 Å². The lowest BCUT2D eigenvalue weighted by Gasteiger charge is -2.24. The molecule has 0 aromatic heterocycles. The average Bonchev–Trinajstić information content (AvgIpc) is 3.26. The van der Waals surface area contributed by atoms with Crippen LogP contribution in [-0.2, 0) is 0 Å². The Morgan fingerprint density at radius 2 is 1.96 bits per heavy atom. The minimum atomic E-state index is 0. The van der Waals surface area contributed by atoms with Gasteiger partial charge in [0.25, 0.3) is 0 Å². The molecule has 1 N–H and O–H groups in total. The normalized spacial score (nSPS) is 25.8. The molecule has 1 heterocycles. The Balaban J connectivity index is 0.00000225. The van der Waals surface area contributed by atoms with Crippen molar-refractivity contribution in [2.24, 2.45) is 10.9 Å². The summed E-state index contributed by atoms with van der Waals surface area (Å²) in [6.45, 7) is 10.3. The number of halogens is 1. The first-order chi connectivity index (χ1) is 11.7. The third-order valence-corrected chi connectivity index (χ3v) is 5.54. The standard InChI is InChI=1S/C20H32N4.HI/c1-4-23(5-2)14-16-11-12-24(15-16)20(21-3)22-19-13-18(19)17-9-7-6-8-10-17;/h6-10,16,18-19H,4-5,11-15H2,1-3H3,(H,21,22);1H.